The SMILES string of the molecule is Cc1nccc(NCCOC(C)C)n1. The minimum Gasteiger partial charge on any atom is -0.377 e. The molecule has 0 atom stereocenters. The van der Waals surface area contributed by atoms with E-state index in [-0.39, 0.29) is 6.10 Å². The van der Waals surface area contributed by atoms with E-state index in [0.29, 0.717) is 6.61 Å². The second kappa shape index (κ2) is 5.54. The van der Waals surface area contributed by atoms with Crippen LogP contribution in [0.25, 0.3) is 0 Å². The summed E-state index contributed by atoms with van der Waals surface area (Å²) in [7, 11) is 0. The number of nitrogens with zero attached hydrogens (tertiary/aromatic N) is 2. The van der Waals surface area contributed by atoms with Gasteiger partial charge in [-0.25, -0.2) is 9.97 Å². The minimum atomic E-state index is 0.281. The molecule has 1 N–H and O–H groups in total. The summed E-state index contributed by atoms with van der Waals surface area (Å²) in [5.41, 5.74) is 0. The minimum absolute atomic E-state index is 0.281. The molecule has 0 unspecified atom stereocenters. The smallest absolute Gasteiger partial charge is 0.129 e. The van der Waals surface area contributed by atoms with Crippen molar-refractivity contribution in [3.05, 3.63) is 18.1 Å². The van der Waals surface area contributed by atoms with Crippen LogP contribution >= 0.6 is 0 Å². The topological polar surface area (TPSA) is 47.0 Å². The Balaban J connectivity index is 2.25. The lowest BCUT2D eigenvalue weighted by atomic mass is 10.5. The number of hydrogen-bond donors (Lipinski definition) is 1. The normalized spacial score (nSPS) is 10.6. The van der Waals surface area contributed by atoms with Crippen LogP contribution in [0.3, 0.4) is 0 Å². The average molecular weight is 195 g/mol. The maximum absolute atomic E-state index is 5.39. The number of rotatable bonds is 5. The summed E-state index contributed by atoms with van der Waals surface area (Å²) in [4.78, 5) is 8.23. The van der Waals surface area contributed by atoms with Crippen molar-refractivity contribution in [2.75, 3.05) is 18.5 Å². The van der Waals surface area contributed by atoms with Crippen LogP contribution in [0.1, 0.15) is 19.7 Å². The maximum atomic E-state index is 5.39. The van der Waals surface area contributed by atoms with Crippen LogP contribution in [-0.2, 0) is 4.74 Å². The van der Waals surface area contributed by atoms with Crippen molar-refractivity contribution in [2.45, 2.75) is 26.9 Å². The first kappa shape index (κ1) is 10.9. The molecular weight excluding hydrogens is 178 g/mol. The fourth-order valence-corrected chi connectivity index (χ4v) is 1.03. The Morgan fingerprint density at radius 1 is 1.50 bits per heavy atom. The van der Waals surface area contributed by atoms with Crippen LogP contribution in [-0.4, -0.2) is 29.2 Å². The quantitative estimate of drug-likeness (QED) is 0.725. The van der Waals surface area contributed by atoms with Crippen molar-refractivity contribution in [1.82, 2.24) is 9.97 Å². The molecule has 0 saturated heterocycles. The lowest BCUT2D eigenvalue weighted by Gasteiger charge is -2.08. The number of hydrogen-bond acceptors (Lipinski definition) is 4. The molecule has 0 bridgehead atoms. The van der Waals surface area contributed by atoms with Crippen LogP contribution in [0.2, 0.25) is 0 Å². The fraction of sp³-hybridized carbons (Fsp3) is 0.600. The Morgan fingerprint density at radius 2 is 2.29 bits per heavy atom. The van der Waals surface area contributed by atoms with E-state index in [0.717, 1.165) is 18.2 Å². The second-order valence-corrected chi connectivity index (χ2v) is 3.34. The van der Waals surface area contributed by atoms with Crippen LogP contribution in [0, 0.1) is 6.92 Å². The van der Waals surface area contributed by atoms with E-state index in [1.54, 1.807) is 6.20 Å². The summed E-state index contributed by atoms with van der Waals surface area (Å²) in [6, 6.07) is 1.85. The van der Waals surface area contributed by atoms with Crippen LogP contribution in [0.4, 0.5) is 5.82 Å². The molecule has 78 valence electrons. The molecule has 4 nitrogen and oxygen atoms in total. The lowest BCUT2D eigenvalue weighted by molar-refractivity contribution is 0.0870. The molecule has 0 aliphatic rings. The summed E-state index contributed by atoms with van der Waals surface area (Å²) < 4.78 is 5.39. The Hall–Kier alpha value is -1.16. The molecule has 1 aromatic heterocycles. The van der Waals surface area contributed by atoms with Crippen molar-refractivity contribution in [3.8, 4) is 0 Å². The Kier molecular flexibility index (Phi) is 4.32. The summed E-state index contributed by atoms with van der Waals surface area (Å²) >= 11 is 0. The van der Waals surface area contributed by atoms with Crippen molar-refractivity contribution >= 4 is 5.82 Å². The average Bonchev–Trinajstić information content (AvgIpc) is 2.12. The molecule has 1 aromatic rings. The Bertz CT molecular complexity index is 276. The molecule has 0 aliphatic carbocycles. The van der Waals surface area contributed by atoms with Crippen LogP contribution in [0.15, 0.2) is 12.3 Å². The number of ether oxygens (including phenoxy) is 1. The maximum Gasteiger partial charge on any atom is 0.129 e. The van der Waals surface area contributed by atoms with Gasteiger partial charge in [0.1, 0.15) is 11.6 Å². The molecule has 1 rings (SSSR count). The van der Waals surface area contributed by atoms with Gasteiger partial charge in [0.05, 0.1) is 12.7 Å². The van der Waals surface area contributed by atoms with E-state index in [4.69, 9.17) is 4.74 Å². The zero-order valence-electron chi connectivity index (χ0n) is 8.95. The van der Waals surface area contributed by atoms with Crippen molar-refractivity contribution in [2.24, 2.45) is 0 Å². The Labute approximate surface area is 84.7 Å². The van der Waals surface area contributed by atoms with Gasteiger partial charge in [-0.3, -0.25) is 0 Å². The predicted octanol–water partition coefficient (Wildman–Crippen LogP) is 1.62. The zero-order valence-corrected chi connectivity index (χ0v) is 8.95. The molecule has 14 heavy (non-hydrogen) atoms. The number of aryl methyl sites for hydroxylation is 1. The van der Waals surface area contributed by atoms with E-state index < -0.39 is 0 Å². The highest BCUT2D eigenvalue weighted by Gasteiger charge is 1.95. The molecule has 4 heteroatoms. The molecule has 0 spiro atoms. The van der Waals surface area contributed by atoms with Gasteiger partial charge in [0, 0.05) is 12.7 Å². The molecular formula is C10H17N3O. The van der Waals surface area contributed by atoms with E-state index in [1.165, 1.54) is 0 Å². The molecule has 0 aliphatic heterocycles. The van der Waals surface area contributed by atoms with Gasteiger partial charge in [0.25, 0.3) is 0 Å². The number of aromatic nitrogens is 2. The summed E-state index contributed by atoms with van der Waals surface area (Å²) in [5.74, 6) is 1.63. The summed E-state index contributed by atoms with van der Waals surface area (Å²) in [6.07, 6.45) is 2.03. The fourth-order valence-electron chi connectivity index (χ4n) is 1.03. The van der Waals surface area contributed by atoms with Gasteiger partial charge < -0.3 is 10.1 Å². The summed E-state index contributed by atoms with van der Waals surface area (Å²) in [6.45, 7) is 7.38. The molecule has 0 amide bonds. The van der Waals surface area contributed by atoms with E-state index in [1.807, 2.05) is 26.8 Å². The van der Waals surface area contributed by atoms with Gasteiger partial charge in [-0.15, -0.1) is 0 Å². The highest BCUT2D eigenvalue weighted by atomic mass is 16.5. The van der Waals surface area contributed by atoms with Crippen LogP contribution in [0.5, 0.6) is 0 Å². The van der Waals surface area contributed by atoms with Gasteiger partial charge >= 0.3 is 0 Å². The van der Waals surface area contributed by atoms with Crippen molar-refractivity contribution in [3.63, 3.8) is 0 Å². The van der Waals surface area contributed by atoms with Gasteiger partial charge in [-0.2, -0.15) is 0 Å². The third-order valence-electron chi connectivity index (χ3n) is 1.64. The van der Waals surface area contributed by atoms with Crippen molar-refractivity contribution < 1.29 is 4.74 Å². The first-order valence-electron chi connectivity index (χ1n) is 4.83. The number of nitrogens with one attached hydrogen (secondary N) is 1. The van der Waals surface area contributed by atoms with Crippen LogP contribution < -0.4 is 5.32 Å². The molecule has 0 fully saturated rings. The third-order valence-corrected chi connectivity index (χ3v) is 1.64. The van der Waals surface area contributed by atoms with Gasteiger partial charge in [-0.05, 0) is 26.8 Å². The third kappa shape index (κ3) is 4.18. The first-order chi connectivity index (χ1) is 6.68. The predicted molar refractivity (Wildman–Crippen MR) is 56.3 cm³/mol. The Morgan fingerprint density at radius 3 is 2.93 bits per heavy atom. The highest BCUT2D eigenvalue weighted by molar-refractivity contribution is 5.32. The standard InChI is InChI=1S/C10H17N3O/c1-8(2)14-7-6-12-10-4-5-11-9(3)13-10/h4-5,8H,6-7H2,1-3H3,(H,11,12,13). The largest absolute Gasteiger partial charge is 0.377 e. The first-order valence-corrected chi connectivity index (χ1v) is 4.83. The second-order valence-electron chi connectivity index (χ2n) is 3.34. The summed E-state index contributed by atoms with van der Waals surface area (Å²) in [5, 5.41) is 3.16. The lowest BCUT2D eigenvalue weighted by Crippen LogP contribution is -2.14. The van der Waals surface area contributed by atoms with E-state index >= 15 is 0 Å². The monoisotopic (exact) mass is 195 g/mol. The van der Waals surface area contributed by atoms with E-state index in [9.17, 15) is 0 Å². The molecule has 1 heterocycles. The van der Waals surface area contributed by atoms with Crippen molar-refractivity contribution in [1.29, 1.82) is 0 Å². The molecule has 0 aromatic carbocycles. The van der Waals surface area contributed by atoms with Gasteiger partial charge in [0.2, 0.25) is 0 Å². The molecule has 0 saturated carbocycles. The zero-order chi connectivity index (χ0) is 10.4. The van der Waals surface area contributed by atoms with Gasteiger partial charge in [-0.1, -0.05) is 0 Å². The highest BCUT2D eigenvalue weighted by Crippen LogP contribution is 2.00. The molecule has 0 radical (unpaired) electrons. The number of anilines is 1. The van der Waals surface area contributed by atoms with Gasteiger partial charge in [0.15, 0.2) is 0 Å². The van der Waals surface area contributed by atoms with E-state index in [2.05, 4.69) is 15.3 Å².